The zero-order valence-corrected chi connectivity index (χ0v) is 9.38. The van der Waals surface area contributed by atoms with Gasteiger partial charge in [0.25, 0.3) is 0 Å². The van der Waals surface area contributed by atoms with Crippen LogP contribution in [0.1, 0.15) is 32.1 Å². The first kappa shape index (κ1) is 12.6. The van der Waals surface area contributed by atoms with E-state index in [1.54, 1.807) is 0 Å². The van der Waals surface area contributed by atoms with E-state index in [9.17, 15) is 0 Å². The van der Waals surface area contributed by atoms with E-state index < -0.39 is 0 Å². The van der Waals surface area contributed by atoms with Crippen LogP contribution in [0.4, 0.5) is 0 Å². The Kier molecular flexibility index (Phi) is 10.2. The second-order valence-corrected chi connectivity index (χ2v) is 3.98. The van der Waals surface area contributed by atoms with Crippen molar-refractivity contribution in [2.75, 3.05) is 5.88 Å². The minimum absolute atomic E-state index is 0.232. The van der Waals surface area contributed by atoms with Crippen LogP contribution in [0.25, 0.3) is 0 Å². The van der Waals surface area contributed by atoms with Gasteiger partial charge in [-0.15, -0.1) is 23.2 Å². The normalized spacial score (nSPS) is 13.9. The van der Waals surface area contributed by atoms with E-state index in [2.05, 4.69) is 0 Å². The second kappa shape index (κ2) is 9.70. The van der Waals surface area contributed by atoms with Crippen molar-refractivity contribution in [3.8, 4) is 0 Å². The SMILES string of the molecule is ClC=CCC(Cl)CCCCCCl. The van der Waals surface area contributed by atoms with Crippen molar-refractivity contribution in [3.05, 3.63) is 11.6 Å². The van der Waals surface area contributed by atoms with E-state index in [0.717, 1.165) is 31.6 Å². The lowest BCUT2D eigenvalue weighted by Gasteiger charge is -2.04. The number of alkyl halides is 2. The number of allylic oxidation sites excluding steroid dienone is 1. The van der Waals surface area contributed by atoms with E-state index in [1.165, 1.54) is 12.0 Å². The standard InChI is InChI=1S/C9H15Cl3/c10-7-3-1-2-5-9(12)6-4-8-11/h4,8-9H,1-3,5-7H2. The van der Waals surface area contributed by atoms with Gasteiger partial charge in [-0.25, -0.2) is 0 Å². The first-order valence-corrected chi connectivity index (χ1v) is 5.67. The Bertz CT molecular complexity index is 112. The Morgan fingerprint density at radius 1 is 1.17 bits per heavy atom. The maximum Gasteiger partial charge on any atom is 0.0370 e. The number of unbranched alkanes of at least 4 members (excludes halogenated alkanes) is 2. The third kappa shape index (κ3) is 8.70. The molecule has 3 heteroatoms. The summed E-state index contributed by atoms with van der Waals surface area (Å²) in [6, 6.07) is 0. The molecule has 0 aromatic rings. The number of hydrogen-bond donors (Lipinski definition) is 0. The highest BCUT2D eigenvalue weighted by Crippen LogP contribution is 2.13. The quantitative estimate of drug-likeness (QED) is 0.444. The number of halogens is 3. The Balaban J connectivity index is 3.13. The fourth-order valence-electron chi connectivity index (χ4n) is 0.954. The van der Waals surface area contributed by atoms with Crippen molar-refractivity contribution >= 4 is 34.8 Å². The molecule has 0 radical (unpaired) electrons. The molecule has 1 unspecified atom stereocenters. The van der Waals surface area contributed by atoms with Crippen molar-refractivity contribution in [1.29, 1.82) is 0 Å². The van der Waals surface area contributed by atoms with Gasteiger partial charge in [0.1, 0.15) is 0 Å². The van der Waals surface area contributed by atoms with Gasteiger partial charge in [0.2, 0.25) is 0 Å². The first-order chi connectivity index (χ1) is 5.81. The summed E-state index contributed by atoms with van der Waals surface area (Å²) in [7, 11) is 0. The molecule has 0 aliphatic rings. The summed E-state index contributed by atoms with van der Waals surface area (Å²) >= 11 is 16.9. The molecule has 0 aliphatic heterocycles. The van der Waals surface area contributed by atoms with Crippen molar-refractivity contribution in [2.45, 2.75) is 37.5 Å². The molecule has 0 spiro atoms. The summed E-state index contributed by atoms with van der Waals surface area (Å²) in [5, 5.41) is 0.232. The van der Waals surface area contributed by atoms with Gasteiger partial charge in [-0.3, -0.25) is 0 Å². The molecule has 1 atom stereocenters. The molecule has 0 aromatic carbocycles. The van der Waals surface area contributed by atoms with Crippen LogP contribution in [0.5, 0.6) is 0 Å². The largest absolute Gasteiger partial charge is 0.127 e. The molecule has 0 nitrogen and oxygen atoms in total. The molecule has 0 rings (SSSR count). The second-order valence-electron chi connectivity index (χ2n) is 2.73. The summed E-state index contributed by atoms with van der Waals surface area (Å²) in [4.78, 5) is 0. The van der Waals surface area contributed by atoms with Gasteiger partial charge in [-0.05, 0) is 19.3 Å². The van der Waals surface area contributed by atoms with Crippen LogP contribution in [-0.2, 0) is 0 Å². The Hall–Kier alpha value is 0.610. The maximum atomic E-state index is 6.00. The topological polar surface area (TPSA) is 0 Å². The predicted molar refractivity (Wildman–Crippen MR) is 58.4 cm³/mol. The Labute approximate surface area is 89.9 Å². The molecule has 0 aromatic heterocycles. The van der Waals surface area contributed by atoms with Gasteiger partial charge < -0.3 is 0 Å². The molecular formula is C9H15Cl3. The van der Waals surface area contributed by atoms with Crippen LogP contribution in [-0.4, -0.2) is 11.3 Å². The first-order valence-electron chi connectivity index (χ1n) is 4.26. The van der Waals surface area contributed by atoms with Crippen LogP contribution in [0.15, 0.2) is 11.6 Å². The Morgan fingerprint density at radius 2 is 1.92 bits per heavy atom. The molecule has 0 saturated heterocycles. The van der Waals surface area contributed by atoms with E-state index in [-0.39, 0.29) is 5.38 Å². The molecule has 0 bridgehead atoms. The van der Waals surface area contributed by atoms with Crippen LogP contribution >= 0.6 is 34.8 Å². The van der Waals surface area contributed by atoms with Gasteiger partial charge in [-0.1, -0.05) is 30.5 Å². The van der Waals surface area contributed by atoms with E-state index in [1.807, 2.05) is 6.08 Å². The molecule has 0 heterocycles. The van der Waals surface area contributed by atoms with Crippen LogP contribution < -0.4 is 0 Å². The average molecular weight is 230 g/mol. The highest BCUT2D eigenvalue weighted by Gasteiger charge is 2.00. The van der Waals surface area contributed by atoms with E-state index in [4.69, 9.17) is 34.8 Å². The van der Waals surface area contributed by atoms with Crippen LogP contribution in [0, 0.1) is 0 Å². The Morgan fingerprint density at radius 3 is 2.50 bits per heavy atom. The molecule has 0 amide bonds. The molecule has 0 aliphatic carbocycles. The third-order valence-electron chi connectivity index (χ3n) is 1.63. The van der Waals surface area contributed by atoms with E-state index in [0.29, 0.717) is 0 Å². The van der Waals surface area contributed by atoms with Crippen molar-refractivity contribution in [3.63, 3.8) is 0 Å². The molecule has 0 N–H and O–H groups in total. The smallest absolute Gasteiger partial charge is 0.0370 e. The summed E-state index contributed by atoms with van der Waals surface area (Å²) in [6.07, 6.45) is 7.25. The van der Waals surface area contributed by atoms with Gasteiger partial charge in [0.05, 0.1) is 0 Å². The van der Waals surface area contributed by atoms with Crippen molar-refractivity contribution in [1.82, 2.24) is 0 Å². The fraction of sp³-hybridized carbons (Fsp3) is 0.778. The lowest BCUT2D eigenvalue weighted by molar-refractivity contribution is 0.645. The van der Waals surface area contributed by atoms with E-state index >= 15 is 0 Å². The van der Waals surface area contributed by atoms with Crippen molar-refractivity contribution in [2.24, 2.45) is 0 Å². The molecule has 0 saturated carbocycles. The zero-order valence-electron chi connectivity index (χ0n) is 7.11. The lowest BCUT2D eigenvalue weighted by atomic mass is 10.1. The van der Waals surface area contributed by atoms with Crippen LogP contribution in [0.3, 0.4) is 0 Å². The highest BCUT2D eigenvalue weighted by molar-refractivity contribution is 6.25. The summed E-state index contributed by atoms with van der Waals surface area (Å²) in [5.41, 5.74) is 1.52. The summed E-state index contributed by atoms with van der Waals surface area (Å²) < 4.78 is 0. The van der Waals surface area contributed by atoms with Crippen molar-refractivity contribution < 1.29 is 0 Å². The number of hydrogen-bond acceptors (Lipinski definition) is 0. The minimum atomic E-state index is 0.232. The number of rotatable bonds is 7. The molecular weight excluding hydrogens is 214 g/mol. The molecule has 0 fully saturated rings. The van der Waals surface area contributed by atoms with Gasteiger partial charge >= 0.3 is 0 Å². The van der Waals surface area contributed by atoms with Gasteiger partial charge in [0, 0.05) is 16.8 Å². The van der Waals surface area contributed by atoms with Crippen LogP contribution in [0.2, 0.25) is 0 Å². The molecule has 12 heavy (non-hydrogen) atoms. The fourth-order valence-corrected chi connectivity index (χ4v) is 1.50. The summed E-state index contributed by atoms with van der Waals surface area (Å²) in [6.45, 7) is 0. The zero-order chi connectivity index (χ0) is 9.23. The summed E-state index contributed by atoms with van der Waals surface area (Å²) in [5.74, 6) is 0.758. The molecule has 72 valence electrons. The van der Waals surface area contributed by atoms with Gasteiger partial charge in [0.15, 0.2) is 0 Å². The predicted octanol–water partition coefficient (Wildman–Crippen LogP) is 4.54. The maximum absolute atomic E-state index is 6.00. The highest BCUT2D eigenvalue weighted by atomic mass is 35.5. The minimum Gasteiger partial charge on any atom is -0.127 e. The monoisotopic (exact) mass is 228 g/mol. The third-order valence-corrected chi connectivity index (χ3v) is 2.47. The lowest BCUT2D eigenvalue weighted by Crippen LogP contribution is -1.96. The van der Waals surface area contributed by atoms with Gasteiger partial charge in [-0.2, -0.15) is 0 Å². The average Bonchev–Trinajstić information content (AvgIpc) is 2.09.